The summed E-state index contributed by atoms with van der Waals surface area (Å²) in [6.07, 6.45) is 8.85. The van der Waals surface area contributed by atoms with Crippen LogP contribution in [0.1, 0.15) is 17.5 Å². The summed E-state index contributed by atoms with van der Waals surface area (Å²) in [7, 11) is -4.89. The topological polar surface area (TPSA) is 73.9 Å². The van der Waals surface area contributed by atoms with Crippen molar-refractivity contribution in [2.24, 2.45) is 0 Å². The maximum Gasteiger partial charge on any atom is 0.502 e. The van der Waals surface area contributed by atoms with Gasteiger partial charge in [0.2, 0.25) is 0 Å². The zero-order chi connectivity index (χ0) is 31.0. The van der Waals surface area contributed by atoms with Crippen molar-refractivity contribution in [1.82, 2.24) is 14.9 Å². The van der Waals surface area contributed by atoms with E-state index >= 15 is 0 Å². The minimum absolute atomic E-state index is 0.0811. The number of hydrogen-bond donors (Lipinski definition) is 2. The number of halogens is 3. The molecule has 1 aliphatic heterocycles. The molecule has 2 aromatic rings. The number of hydrogen-bond acceptors (Lipinski definition) is 8. The first kappa shape index (κ1) is 33.2. The fourth-order valence-corrected chi connectivity index (χ4v) is 7.84. The first-order valence-corrected chi connectivity index (χ1v) is 18.3. The molecule has 0 saturated carbocycles. The lowest BCUT2D eigenvalue weighted by molar-refractivity contribution is -0.0436. The molecular weight excluding hydrogens is 616 g/mol. The lowest BCUT2D eigenvalue weighted by atomic mass is 10.2. The highest BCUT2D eigenvalue weighted by Crippen LogP contribution is 2.43. The summed E-state index contributed by atoms with van der Waals surface area (Å²) in [5.41, 5.74) is -2.45. The van der Waals surface area contributed by atoms with Crippen molar-refractivity contribution in [2.45, 2.75) is 29.5 Å². The van der Waals surface area contributed by atoms with Crippen LogP contribution in [0.25, 0.3) is 0 Å². The number of nitrogens with one attached hydrogen (secondary N) is 2. The monoisotopic (exact) mass is 654 g/mol. The molecule has 1 fully saturated rings. The number of allylic oxidation sites excluding steroid dienone is 4. The van der Waals surface area contributed by atoms with Gasteiger partial charge in [-0.15, -0.1) is 0 Å². The Morgan fingerprint density at radius 1 is 1.05 bits per heavy atom. The highest BCUT2D eigenvalue weighted by Gasteiger charge is 2.49. The van der Waals surface area contributed by atoms with Crippen molar-refractivity contribution in [3.05, 3.63) is 89.3 Å². The molecule has 7 nitrogen and oxygen atoms in total. The minimum Gasteiger partial charge on any atom is -0.453 e. The quantitative estimate of drug-likeness (QED) is 0.198. The van der Waals surface area contributed by atoms with Gasteiger partial charge in [-0.2, -0.15) is 24.9 Å². The Morgan fingerprint density at radius 2 is 1.77 bits per heavy atom. The number of sulfone groups is 1. The van der Waals surface area contributed by atoms with Crippen LogP contribution in [0.4, 0.5) is 18.9 Å². The first-order chi connectivity index (χ1) is 20.5. The minimum atomic E-state index is -5.63. The second kappa shape index (κ2) is 14.9. The molecule has 0 bridgehead atoms. The van der Waals surface area contributed by atoms with E-state index in [1.165, 1.54) is 19.1 Å². The number of thioether (sulfide) groups is 1. The normalized spacial score (nSPS) is 17.1. The third-order valence-corrected chi connectivity index (χ3v) is 10.9. The van der Waals surface area contributed by atoms with Crippen LogP contribution in [0.15, 0.2) is 83.1 Å². The fraction of sp³-hybridized carbons (Fsp3) is 0.400. The summed E-state index contributed by atoms with van der Waals surface area (Å²) in [5.74, 6) is 1.41. The van der Waals surface area contributed by atoms with Crippen molar-refractivity contribution in [3.8, 4) is 5.75 Å². The van der Waals surface area contributed by atoms with E-state index < -0.39 is 28.5 Å². The van der Waals surface area contributed by atoms with Gasteiger partial charge in [0.1, 0.15) is 10.6 Å². The van der Waals surface area contributed by atoms with Crippen molar-refractivity contribution >= 4 is 35.6 Å². The van der Waals surface area contributed by atoms with Crippen molar-refractivity contribution in [3.63, 3.8) is 0 Å². The van der Waals surface area contributed by atoms with Gasteiger partial charge in [0.05, 0.1) is 5.69 Å². The molecular formula is C30H38F3N4O3PS2. The maximum absolute atomic E-state index is 13.7. The van der Waals surface area contributed by atoms with Gasteiger partial charge in [-0.3, -0.25) is 0 Å². The highest BCUT2D eigenvalue weighted by molar-refractivity contribution is 7.98. The van der Waals surface area contributed by atoms with E-state index in [9.17, 15) is 21.6 Å². The van der Waals surface area contributed by atoms with Gasteiger partial charge in [-0.05, 0) is 49.9 Å². The van der Waals surface area contributed by atoms with E-state index in [1.807, 2.05) is 36.4 Å². The fourth-order valence-electron chi connectivity index (χ4n) is 4.74. The molecule has 1 aliphatic carbocycles. The molecule has 0 aromatic heterocycles. The van der Waals surface area contributed by atoms with Crippen molar-refractivity contribution in [1.29, 1.82) is 0 Å². The molecule has 0 amide bonds. The molecule has 234 valence electrons. The molecule has 4 rings (SSSR count). The van der Waals surface area contributed by atoms with Crippen LogP contribution in [0.5, 0.6) is 5.75 Å². The van der Waals surface area contributed by atoms with Crippen LogP contribution < -0.4 is 14.9 Å². The van der Waals surface area contributed by atoms with E-state index in [0.29, 0.717) is 18.7 Å². The van der Waals surface area contributed by atoms with Gasteiger partial charge >= 0.3 is 5.51 Å². The van der Waals surface area contributed by atoms with Crippen molar-refractivity contribution < 1.29 is 26.1 Å². The lowest BCUT2D eigenvalue weighted by Gasteiger charge is -2.34. The first-order valence-electron chi connectivity index (χ1n) is 14.0. The predicted octanol–water partition coefficient (Wildman–Crippen LogP) is 6.52. The second-order valence-electron chi connectivity index (χ2n) is 10.4. The summed E-state index contributed by atoms with van der Waals surface area (Å²) in [6, 6.07) is 12.7. The van der Waals surface area contributed by atoms with Crippen LogP contribution in [0.3, 0.4) is 0 Å². The zero-order valence-corrected chi connectivity index (χ0v) is 27.1. The average Bonchev–Trinajstić information content (AvgIpc) is 3.20. The van der Waals surface area contributed by atoms with Gasteiger partial charge in [-0.1, -0.05) is 36.4 Å². The summed E-state index contributed by atoms with van der Waals surface area (Å²) in [5, 5.41) is 6.23. The largest absolute Gasteiger partial charge is 0.502 e. The van der Waals surface area contributed by atoms with E-state index in [0.717, 1.165) is 48.9 Å². The van der Waals surface area contributed by atoms with Crippen LogP contribution >= 0.6 is 20.1 Å². The Bertz CT molecular complexity index is 1440. The van der Waals surface area contributed by atoms with Crippen LogP contribution in [0.2, 0.25) is 0 Å². The van der Waals surface area contributed by atoms with Gasteiger partial charge in [0.25, 0.3) is 9.84 Å². The number of piperazine rings is 1. The molecule has 2 N–H and O–H groups in total. The molecule has 1 saturated heterocycles. The number of likely N-dealkylation sites (N-methyl/N-ethyl adjacent to an activating group) is 1. The summed E-state index contributed by atoms with van der Waals surface area (Å²) in [4.78, 5) is 3.83. The summed E-state index contributed by atoms with van der Waals surface area (Å²) in [6.45, 7) is 7.35. The molecule has 1 heterocycles. The van der Waals surface area contributed by atoms with Crippen LogP contribution in [0, 0.1) is 6.92 Å². The Balaban J connectivity index is 1.44. The second-order valence-corrected chi connectivity index (χ2v) is 14.7. The molecule has 1 unspecified atom stereocenters. The molecule has 2 aromatic carbocycles. The van der Waals surface area contributed by atoms with Gasteiger partial charge < -0.3 is 24.7 Å². The smallest absolute Gasteiger partial charge is 0.453 e. The Hall–Kier alpha value is -2.66. The average molecular weight is 655 g/mol. The Labute approximate surface area is 258 Å². The number of anilines is 1. The third-order valence-electron chi connectivity index (χ3n) is 7.09. The number of alkyl halides is 3. The molecule has 0 radical (unpaired) electrons. The van der Waals surface area contributed by atoms with E-state index in [-0.39, 0.29) is 17.0 Å². The zero-order valence-electron chi connectivity index (χ0n) is 24.5. The Kier molecular flexibility index (Phi) is 11.5. The maximum atomic E-state index is 13.7. The SMILES string of the molecule is Cc1c(OP(C)NC2=CC=C(N3CCN(C)CC3)C=CC2)ccc(NCCSCc2ccccc2)c1S(=O)(=O)C(F)(F)F. The van der Waals surface area contributed by atoms with Gasteiger partial charge in [-0.25, -0.2) is 8.42 Å². The molecule has 0 spiro atoms. The summed E-state index contributed by atoms with van der Waals surface area (Å²) < 4.78 is 72.6. The summed E-state index contributed by atoms with van der Waals surface area (Å²) >= 11 is 1.60. The van der Waals surface area contributed by atoms with E-state index in [4.69, 9.17) is 4.52 Å². The van der Waals surface area contributed by atoms with Crippen molar-refractivity contribution in [2.75, 3.05) is 57.5 Å². The predicted molar refractivity (Wildman–Crippen MR) is 171 cm³/mol. The number of nitrogens with zero attached hydrogens (tertiary/aromatic N) is 2. The number of benzene rings is 2. The lowest BCUT2D eigenvalue weighted by Crippen LogP contribution is -2.43. The van der Waals surface area contributed by atoms with Crippen LogP contribution in [-0.4, -0.2) is 75.9 Å². The van der Waals surface area contributed by atoms with Gasteiger partial charge in [0, 0.05) is 74.3 Å². The molecule has 13 heteroatoms. The highest BCUT2D eigenvalue weighted by atomic mass is 32.2. The van der Waals surface area contributed by atoms with E-state index in [1.54, 1.807) is 18.4 Å². The molecule has 43 heavy (non-hydrogen) atoms. The molecule has 2 aliphatic rings. The van der Waals surface area contributed by atoms with Gasteiger partial charge in [0.15, 0.2) is 8.30 Å². The standard InChI is InChI=1S/C30H38F3N4O3PS2/c1-23-28(40-41(3)35-25-10-7-11-26(13-12-25)37-19-17-36(2)18-20-37)15-14-27(29(23)43(38,39)30(31,32)33)34-16-21-42-22-24-8-5-4-6-9-24/h4-9,11-15,34-35H,10,16-22H2,1-3H3. The Morgan fingerprint density at radius 3 is 2.47 bits per heavy atom. The number of rotatable bonds is 12. The molecule has 1 atom stereocenters. The third kappa shape index (κ3) is 8.94. The van der Waals surface area contributed by atoms with E-state index in [2.05, 4.69) is 45.5 Å². The van der Waals surface area contributed by atoms with Crippen LogP contribution in [-0.2, 0) is 15.6 Å².